The second kappa shape index (κ2) is 5.07. The van der Waals surface area contributed by atoms with E-state index in [0.717, 1.165) is 18.3 Å². The average Bonchev–Trinajstić information content (AvgIpc) is 3.01. The molecule has 0 spiro atoms. The zero-order valence-corrected chi connectivity index (χ0v) is 9.44. The summed E-state index contributed by atoms with van der Waals surface area (Å²) in [5.74, 6) is 1.60. The molecule has 1 heterocycles. The van der Waals surface area contributed by atoms with E-state index in [2.05, 4.69) is 20.8 Å². The Hall–Kier alpha value is -1.43. The standard InChI is InChI=1S/C10H17N5O/c1-15-7-13-14-9(15)5-11-6-10(16)12-4-8-2-3-8/h7-8,11H,2-6H2,1H3,(H,12,16). The monoisotopic (exact) mass is 223 g/mol. The van der Waals surface area contributed by atoms with E-state index in [0.29, 0.717) is 13.1 Å². The van der Waals surface area contributed by atoms with Gasteiger partial charge < -0.3 is 15.2 Å². The summed E-state index contributed by atoms with van der Waals surface area (Å²) in [6, 6.07) is 0. The van der Waals surface area contributed by atoms with Gasteiger partial charge in [0, 0.05) is 13.6 Å². The molecule has 1 aliphatic rings. The van der Waals surface area contributed by atoms with E-state index >= 15 is 0 Å². The van der Waals surface area contributed by atoms with Gasteiger partial charge in [0.05, 0.1) is 13.1 Å². The number of hydrogen-bond donors (Lipinski definition) is 2. The van der Waals surface area contributed by atoms with E-state index in [-0.39, 0.29) is 5.91 Å². The highest BCUT2D eigenvalue weighted by atomic mass is 16.1. The number of aromatic nitrogens is 3. The predicted molar refractivity (Wildman–Crippen MR) is 58.4 cm³/mol. The normalized spacial score (nSPS) is 15.1. The molecule has 1 saturated carbocycles. The van der Waals surface area contributed by atoms with Gasteiger partial charge in [-0.1, -0.05) is 0 Å². The minimum Gasteiger partial charge on any atom is -0.355 e. The second-order valence-corrected chi connectivity index (χ2v) is 4.21. The van der Waals surface area contributed by atoms with E-state index in [9.17, 15) is 4.79 Å². The average molecular weight is 223 g/mol. The molecule has 0 unspecified atom stereocenters. The van der Waals surface area contributed by atoms with Crippen molar-refractivity contribution in [3.8, 4) is 0 Å². The molecule has 2 N–H and O–H groups in total. The molecule has 6 nitrogen and oxygen atoms in total. The number of nitrogens with zero attached hydrogens (tertiary/aromatic N) is 3. The van der Waals surface area contributed by atoms with Crippen LogP contribution in [0.25, 0.3) is 0 Å². The van der Waals surface area contributed by atoms with Crippen LogP contribution < -0.4 is 10.6 Å². The zero-order valence-electron chi connectivity index (χ0n) is 9.44. The lowest BCUT2D eigenvalue weighted by atomic mass is 10.4. The van der Waals surface area contributed by atoms with E-state index in [1.807, 2.05) is 11.6 Å². The van der Waals surface area contributed by atoms with E-state index in [1.165, 1.54) is 12.8 Å². The molecule has 0 radical (unpaired) electrons. The molecule has 1 aromatic heterocycles. The van der Waals surface area contributed by atoms with Crippen LogP contribution in [0.2, 0.25) is 0 Å². The van der Waals surface area contributed by atoms with Crippen LogP contribution in [0.1, 0.15) is 18.7 Å². The molecule has 1 aliphatic carbocycles. The van der Waals surface area contributed by atoms with Crippen LogP contribution in [-0.4, -0.2) is 33.8 Å². The quantitative estimate of drug-likeness (QED) is 0.677. The summed E-state index contributed by atoms with van der Waals surface area (Å²) in [5.41, 5.74) is 0. The Balaban J connectivity index is 1.59. The second-order valence-electron chi connectivity index (χ2n) is 4.21. The van der Waals surface area contributed by atoms with Gasteiger partial charge in [0.15, 0.2) is 0 Å². The number of carbonyl (C=O) groups excluding carboxylic acids is 1. The lowest BCUT2D eigenvalue weighted by Gasteiger charge is -2.05. The number of aryl methyl sites for hydroxylation is 1. The fraction of sp³-hybridized carbons (Fsp3) is 0.700. The molecule has 0 aromatic carbocycles. The minimum absolute atomic E-state index is 0.0501. The number of carbonyl (C=O) groups is 1. The molecule has 2 rings (SSSR count). The summed E-state index contributed by atoms with van der Waals surface area (Å²) < 4.78 is 1.83. The van der Waals surface area contributed by atoms with Crippen molar-refractivity contribution in [2.75, 3.05) is 13.1 Å². The Kier molecular flexibility index (Phi) is 3.51. The van der Waals surface area contributed by atoms with Crippen LogP contribution in [0.5, 0.6) is 0 Å². The Morgan fingerprint density at radius 1 is 1.62 bits per heavy atom. The summed E-state index contributed by atoms with van der Waals surface area (Å²) in [6.45, 7) is 1.72. The maximum absolute atomic E-state index is 11.4. The van der Waals surface area contributed by atoms with Crippen molar-refractivity contribution in [1.29, 1.82) is 0 Å². The first-order chi connectivity index (χ1) is 7.75. The number of amides is 1. The molecule has 0 bridgehead atoms. The van der Waals surface area contributed by atoms with Crippen LogP contribution in [-0.2, 0) is 18.4 Å². The molecule has 1 fully saturated rings. The Morgan fingerprint density at radius 2 is 2.44 bits per heavy atom. The Bertz CT molecular complexity index is 358. The first kappa shape index (κ1) is 11.1. The van der Waals surface area contributed by atoms with Crippen molar-refractivity contribution in [2.24, 2.45) is 13.0 Å². The molecule has 1 aromatic rings. The number of hydrogen-bond acceptors (Lipinski definition) is 4. The van der Waals surface area contributed by atoms with E-state index in [1.54, 1.807) is 6.33 Å². The largest absolute Gasteiger partial charge is 0.355 e. The van der Waals surface area contributed by atoms with Gasteiger partial charge in [0.25, 0.3) is 0 Å². The molecule has 0 saturated heterocycles. The van der Waals surface area contributed by atoms with E-state index < -0.39 is 0 Å². The SMILES string of the molecule is Cn1cnnc1CNCC(=O)NCC1CC1. The number of nitrogens with one attached hydrogen (secondary N) is 2. The van der Waals surface area contributed by atoms with Gasteiger partial charge in [-0.15, -0.1) is 10.2 Å². The molecule has 0 atom stereocenters. The molecular formula is C10H17N5O. The molecule has 16 heavy (non-hydrogen) atoms. The molecule has 88 valence electrons. The summed E-state index contributed by atoms with van der Waals surface area (Å²) in [6.07, 6.45) is 4.16. The van der Waals surface area contributed by atoms with Gasteiger partial charge in [-0.3, -0.25) is 4.79 Å². The van der Waals surface area contributed by atoms with Crippen molar-refractivity contribution < 1.29 is 4.79 Å². The van der Waals surface area contributed by atoms with Gasteiger partial charge in [0.1, 0.15) is 12.2 Å². The first-order valence-corrected chi connectivity index (χ1v) is 5.56. The van der Waals surface area contributed by atoms with Crippen LogP contribution in [0.15, 0.2) is 6.33 Å². The molecule has 1 amide bonds. The Labute approximate surface area is 94.4 Å². The summed E-state index contributed by atoms with van der Waals surface area (Å²) in [7, 11) is 1.88. The van der Waals surface area contributed by atoms with Crippen LogP contribution >= 0.6 is 0 Å². The smallest absolute Gasteiger partial charge is 0.233 e. The number of rotatable bonds is 6. The van der Waals surface area contributed by atoms with E-state index in [4.69, 9.17) is 0 Å². The van der Waals surface area contributed by atoms with Crippen molar-refractivity contribution in [2.45, 2.75) is 19.4 Å². The Morgan fingerprint density at radius 3 is 3.06 bits per heavy atom. The maximum Gasteiger partial charge on any atom is 0.233 e. The van der Waals surface area contributed by atoms with Crippen molar-refractivity contribution in [1.82, 2.24) is 25.4 Å². The highest BCUT2D eigenvalue weighted by Crippen LogP contribution is 2.27. The molecule has 0 aliphatic heterocycles. The topological polar surface area (TPSA) is 71.8 Å². The highest BCUT2D eigenvalue weighted by molar-refractivity contribution is 5.77. The fourth-order valence-electron chi connectivity index (χ4n) is 1.40. The van der Waals surface area contributed by atoms with Gasteiger partial charge in [-0.25, -0.2) is 0 Å². The maximum atomic E-state index is 11.4. The van der Waals surface area contributed by atoms with Gasteiger partial charge in [-0.05, 0) is 18.8 Å². The third-order valence-corrected chi connectivity index (χ3v) is 2.66. The summed E-state index contributed by atoms with van der Waals surface area (Å²) in [5, 5.41) is 13.6. The summed E-state index contributed by atoms with van der Waals surface area (Å²) >= 11 is 0. The lowest BCUT2D eigenvalue weighted by Crippen LogP contribution is -2.35. The van der Waals surface area contributed by atoms with Gasteiger partial charge in [0.2, 0.25) is 5.91 Å². The third kappa shape index (κ3) is 3.30. The first-order valence-electron chi connectivity index (χ1n) is 5.56. The predicted octanol–water partition coefficient (Wildman–Crippen LogP) is -0.569. The third-order valence-electron chi connectivity index (χ3n) is 2.66. The van der Waals surface area contributed by atoms with Crippen molar-refractivity contribution >= 4 is 5.91 Å². The van der Waals surface area contributed by atoms with Crippen molar-refractivity contribution in [3.05, 3.63) is 12.2 Å². The lowest BCUT2D eigenvalue weighted by molar-refractivity contribution is -0.120. The highest BCUT2D eigenvalue weighted by Gasteiger charge is 2.21. The molecule has 6 heteroatoms. The van der Waals surface area contributed by atoms with Gasteiger partial charge >= 0.3 is 0 Å². The molecular weight excluding hydrogens is 206 g/mol. The minimum atomic E-state index is 0.0501. The summed E-state index contributed by atoms with van der Waals surface area (Å²) in [4.78, 5) is 11.4. The van der Waals surface area contributed by atoms with Crippen LogP contribution in [0.4, 0.5) is 0 Å². The van der Waals surface area contributed by atoms with Gasteiger partial charge in [-0.2, -0.15) is 0 Å². The van der Waals surface area contributed by atoms with Crippen LogP contribution in [0, 0.1) is 5.92 Å². The fourth-order valence-corrected chi connectivity index (χ4v) is 1.40. The van der Waals surface area contributed by atoms with Crippen LogP contribution in [0.3, 0.4) is 0 Å². The zero-order chi connectivity index (χ0) is 11.4. The van der Waals surface area contributed by atoms with Crippen molar-refractivity contribution in [3.63, 3.8) is 0 Å².